The molecule has 2 aromatic carbocycles. The van der Waals surface area contributed by atoms with E-state index >= 15 is 0 Å². The fourth-order valence-corrected chi connectivity index (χ4v) is 2.27. The number of hydrogen-bond donors (Lipinski definition) is 3. The van der Waals surface area contributed by atoms with Gasteiger partial charge in [0.1, 0.15) is 5.75 Å². The Bertz CT molecular complexity index is 839. The van der Waals surface area contributed by atoms with Gasteiger partial charge in [-0.3, -0.25) is 9.59 Å². The van der Waals surface area contributed by atoms with Crippen LogP contribution in [0, 0.1) is 5.41 Å². The largest absolute Gasteiger partial charge is 0.481 e. The Morgan fingerprint density at radius 2 is 1.69 bits per heavy atom. The van der Waals surface area contributed by atoms with E-state index in [1.54, 1.807) is 57.2 Å². The summed E-state index contributed by atoms with van der Waals surface area (Å²) in [6.07, 6.45) is 0. The van der Waals surface area contributed by atoms with Crippen LogP contribution in [0.2, 0.25) is 0 Å². The standard InChI is InChI=1S/C19H22N2O5/c1-19(2,3)18(25)20-10-16(22)21-14-8-9-15(26-11-17(23)24)13-7-5-4-6-12(13)14/h4-9H,10-11H2,1-3H3,(H,20,25)(H,21,22)(H,23,24). The molecule has 0 saturated carbocycles. The Hall–Kier alpha value is -3.09. The maximum Gasteiger partial charge on any atom is 0.341 e. The minimum Gasteiger partial charge on any atom is -0.481 e. The highest BCUT2D eigenvalue weighted by atomic mass is 16.5. The van der Waals surface area contributed by atoms with E-state index in [0.717, 1.165) is 0 Å². The number of carboxylic acids is 1. The van der Waals surface area contributed by atoms with Crippen LogP contribution in [0.5, 0.6) is 5.75 Å². The number of carboxylic acid groups (broad SMARTS) is 1. The molecule has 7 heteroatoms. The number of nitrogens with one attached hydrogen (secondary N) is 2. The van der Waals surface area contributed by atoms with Crippen LogP contribution < -0.4 is 15.4 Å². The first kappa shape index (κ1) is 19.2. The minimum atomic E-state index is -1.07. The summed E-state index contributed by atoms with van der Waals surface area (Å²) in [7, 11) is 0. The second-order valence-corrected chi connectivity index (χ2v) is 6.82. The van der Waals surface area contributed by atoms with Gasteiger partial charge in [0.15, 0.2) is 6.61 Å². The molecule has 0 aliphatic heterocycles. The van der Waals surface area contributed by atoms with Crippen molar-refractivity contribution in [1.29, 1.82) is 0 Å². The number of fused-ring (bicyclic) bond motifs is 1. The summed E-state index contributed by atoms with van der Waals surface area (Å²) >= 11 is 0. The van der Waals surface area contributed by atoms with E-state index in [0.29, 0.717) is 22.2 Å². The molecule has 0 aromatic heterocycles. The van der Waals surface area contributed by atoms with Crippen molar-refractivity contribution >= 4 is 34.2 Å². The van der Waals surface area contributed by atoms with Crippen molar-refractivity contribution in [1.82, 2.24) is 5.32 Å². The van der Waals surface area contributed by atoms with Crippen molar-refractivity contribution < 1.29 is 24.2 Å². The zero-order valence-electron chi connectivity index (χ0n) is 15.0. The van der Waals surface area contributed by atoms with Crippen LogP contribution in [-0.2, 0) is 14.4 Å². The summed E-state index contributed by atoms with van der Waals surface area (Å²) in [6, 6.07) is 10.4. The molecule has 2 aromatic rings. The zero-order chi connectivity index (χ0) is 19.3. The molecule has 0 heterocycles. The number of hydrogen-bond acceptors (Lipinski definition) is 4. The lowest BCUT2D eigenvalue weighted by molar-refractivity contribution is -0.139. The normalized spacial score (nSPS) is 11.0. The molecule has 0 unspecified atom stereocenters. The molecule has 0 spiro atoms. The van der Waals surface area contributed by atoms with Gasteiger partial charge >= 0.3 is 5.97 Å². The van der Waals surface area contributed by atoms with Crippen LogP contribution in [0.1, 0.15) is 20.8 Å². The predicted molar refractivity (Wildman–Crippen MR) is 98.2 cm³/mol. The Morgan fingerprint density at radius 1 is 1.04 bits per heavy atom. The number of rotatable bonds is 6. The van der Waals surface area contributed by atoms with Crippen LogP contribution in [0.15, 0.2) is 36.4 Å². The predicted octanol–water partition coefficient (Wildman–Crippen LogP) is 2.40. The van der Waals surface area contributed by atoms with Crippen LogP contribution in [-0.4, -0.2) is 36.0 Å². The van der Waals surface area contributed by atoms with Crippen LogP contribution in [0.25, 0.3) is 10.8 Å². The molecule has 0 fully saturated rings. The number of carbonyl (C=O) groups is 3. The topological polar surface area (TPSA) is 105 Å². The van der Waals surface area contributed by atoms with Gasteiger partial charge in [-0.2, -0.15) is 0 Å². The smallest absolute Gasteiger partial charge is 0.341 e. The Morgan fingerprint density at radius 3 is 2.31 bits per heavy atom. The van der Waals surface area contributed by atoms with Gasteiger partial charge < -0.3 is 20.5 Å². The number of amides is 2. The molecule has 0 bridgehead atoms. The average Bonchev–Trinajstić information content (AvgIpc) is 2.58. The maximum absolute atomic E-state index is 12.2. The lowest BCUT2D eigenvalue weighted by Gasteiger charge is -2.17. The van der Waals surface area contributed by atoms with Gasteiger partial charge in [-0.15, -0.1) is 0 Å². The highest BCUT2D eigenvalue weighted by molar-refractivity contribution is 6.05. The van der Waals surface area contributed by atoms with E-state index in [2.05, 4.69) is 10.6 Å². The van der Waals surface area contributed by atoms with Gasteiger partial charge in [0.2, 0.25) is 11.8 Å². The molecule has 0 atom stereocenters. The van der Waals surface area contributed by atoms with Crippen molar-refractivity contribution in [3.05, 3.63) is 36.4 Å². The van der Waals surface area contributed by atoms with Crippen LogP contribution in [0.3, 0.4) is 0 Å². The molecule has 0 aliphatic rings. The molecule has 7 nitrogen and oxygen atoms in total. The molecule has 0 saturated heterocycles. The summed E-state index contributed by atoms with van der Waals surface area (Å²) in [5.74, 6) is -1.22. The monoisotopic (exact) mass is 358 g/mol. The Labute approximate surface area is 151 Å². The molecule has 0 aliphatic carbocycles. The fraction of sp³-hybridized carbons (Fsp3) is 0.316. The molecular weight excluding hydrogens is 336 g/mol. The fourth-order valence-electron chi connectivity index (χ4n) is 2.27. The highest BCUT2D eigenvalue weighted by Gasteiger charge is 2.21. The summed E-state index contributed by atoms with van der Waals surface area (Å²) in [5.41, 5.74) is -0.0193. The Balaban J connectivity index is 2.15. The van der Waals surface area contributed by atoms with Crippen LogP contribution in [0.4, 0.5) is 5.69 Å². The molecular formula is C19H22N2O5. The number of anilines is 1. The maximum atomic E-state index is 12.2. The summed E-state index contributed by atoms with van der Waals surface area (Å²) in [6.45, 7) is 4.72. The van der Waals surface area contributed by atoms with Gasteiger partial charge in [-0.05, 0) is 12.1 Å². The number of aliphatic carboxylic acids is 1. The first-order valence-corrected chi connectivity index (χ1v) is 8.13. The van der Waals surface area contributed by atoms with E-state index < -0.39 is 18.0 Å². The van der Waals surface area contributed by atoms with Gasteiger partial charge in [0.05, 0.1) is 6.54 Å². The minimum absolute atomic E-state index is 0.137. The lowest BCUT2D eigenvalue weighted by Crippen LogP contribution is -2.39. The number of benzene rings is 2. The third kappa shape index (κ3) is 4.95. The summed E-state index contributed by atoms with van der Waals surface area (Å²) in [5, 5.41) is 15.5. The first-order valence-electron chi connectivity index (χ1n) is 8.13. The second-order valence-electron chi connectivity index (χ2n) is 6.82. The SMILES string of the molecule is CC(C)(C)C(=O)NCC(=O)Nc1ccc(OCC(=O)O)c2ccccc12. The van der Waals surface area contributed by atoms with Crippen molar-refractivity contribution in [2.24, 2.45) is 5.41 Å². The number of ether oxygens (including phenoxy) is 1. The molecule has 2 amide bonds. The van der Waals surface area contributed by atoms with Gasteiger partial charge in [-0.25, -0.2) is 4.79 Å². The van der Waals surface area contributed by atoms with Crippen molar-refractivity contribution in [2.45, 2.75) is 20.8 Å². The Kier molecular flexibility index (Phi) is 5.82. The van der Waals surface area contributed by atoms with Crippen molar-refractivity contribution in [3.8, 4) is 5.75 Å². The molecule has 3 N–H and O–H groups in total. The van der Waals surface area contributed by atoms with Gasteiger partial charge in [0.25, 0.3) is 0 Å². The quantitative estimate of drug-likeness (QED) is 0.735. The zero-order valence-corrected chi connectivity index (χ0v) is 15.0. The molecule has 0 radical (unpaired) electrons. The molecule has 2 rings (SSSR count). The number of carbonyl (C=O) groups excluding carboxylic acids is 2. The molecule has 138 valence electrons. The van der Waals surface area contributed by atoms with Crippen LogP contribution >= 0.6 is 0 Å². The summed E-state index contributed by atoms with van der Waals surface area (Å²) < 4.78 is 5.29. The third-order valence-electron chi connectivity index (χ3n) is 3.60. The van der Waals surface area contributed by atoms with E-state index in [1.807, 2.05) is 0 Å². The van der Waals surface area contributed by atoms with Gasteiger partial charge in [-0.1, -0.05) is 45.0 Å². The first-order chi connectivity index (χ1) is 12.2. The van der Waals surface area contributed by atoms with E-state index in [4.69, 9.17) is 9.84 Å². The van der Waals surface area contributed by atoms with Crippen molar-refractivity contribution in [2.75, 3.05) is 18.5 Å². The van der Waals surface area contributed by atoms with Gasteiger partial charge in [0, 0.05) is 21.9 Å². The molecule has 26 heavy (non-hydrogen) atoms. The lowest BCUT2D eigenvalue weighted by atomic mass is 9.96. The van der Waals surface area contributed by atoms with E-state index in [9.17, 15) is 14.4 Å². The van der Waals surface area contributed by atoms with Crippen molar-refractivity contribution in [3.63, 3.8) is 0 Å². The summed E-state index contributed by atoms with van der Waals surface area (Å²) in [4.78, 5) is 34.7. The highest BCUT2D eigenvalue weighted by Crippen LogP contribution is 2.31. The van der Waals surface area contributed by atoms with E-state index in [-0.39, 0.29) is 18.4 Å². The van der Waals surface area contributed by atoms with E-state index in [1.165, 1.54) is 0 Å². The average molecular weight is 358 g/mol. The third-order valence-corrected chi connectivity index (χ3v) is 3.60. The second kappa shape index (κ2) is 7.86.